The zero-order valence-corrected chi connectivity index (χ0v) is 16.7. The monoisotopic (exact) mass is 381 g/mol. The van der Waals surface area contributed by atoms with Crippen LogP contribution in [0.4, 0.5) is 0 Å². The summed E-state index contributed by atoms with van der Waals surface area (Å²) in [7, 11) is -1.23. The molecule has 0 amide bonds. The van der Waals surface area contributed by atoms with Crippen molar-refractivity contribution >= 4 is 10.0 Å². The Kier molecular flexibility index (Phi) is 6.35. The lowest BCUT2D eigenvalue weighted by Crippen LogP contribution is -2.62. The van der Waals surface area contributed by atoms with Gasteiger partial charge in [0.1, 0.15) is 0 Å². The van der Waals surface area contributed by atoms with Crippen LogP contribution in [0, 0.1) is 6.92 Å². The molecular formula is C19H31N3O3S. The molecule has 0 bridgehead atoms. The molecule has 2 heterocycles. The van der Waals surface area contributed by atoms with Crippen LogP contribution in [0.25, 0.3) is 0 Å². The molecule has 0 atom stereocenters. The highest BCUT2D eigenvalue weighted by atomic mass is 32.2. The second-order valence-electron chi connectivity index (χ2n) is 7.69. The average molecular weight is 382 g/mol. The minimum Gasteiger partial charge on any atom is -0.379 e. The summed E-state index contributed by atoms with van der Waals surface area (Å²) in [5.74, 6) is 0.0341. The van der Waals surface area contributed by atoms with Crippen molar-refractivity contribution in [1.82, 2.24) is 14.5 Å². The summed E-state index contributed by atoms with van der Waals surface area (Å²) >= 11 is 0. The first-order chi connectivity index (χ1) is 12.4. The van der Waals surface area contributed by atoms with Gasteiger partial charge >= 0.3 is 0 Å². The van der Waals surface area contributed by atoms with Crippen molar-refractivity contribution in [3.05, 3.63) is 35.4 Å². The van der Waals surface area contributed by atoms with Crippen molar-refractivity contribution in [2.45, 2.75) is 31.1 Å². The van der Waals surface area contributed by atoms with Crippen molar-refractivity contribution in [2.75, 3.05) is 53.0 Å². The molecule has 2 aliphatic heterocycles. The van der Waals surface area contributed by atoms with Crippen LogP contribution in [-0.2, 0) is 20.5 Å². The van der Waals surface area contributed by atoms with Gasteiger partial charge in [0, 0.05) is 25.2 Å². The molecule has 0 spiro atoms. The Morgan fingerprint density at radius 2 is 1.69 bits per heavy atom. The molecule has 2 fully saturated rings. The average Bonchev–Trinajstić information content (AvgIpc) is 2.64. The van der Waals surface area contributed by atoms with Crippen LogP contribution in [-0.4, -0.2) is 76.7 Å². The van der Waals surface area contributed by atoms with Crippen molar-refractivity contribution in [2.24, 2.45) is 0 Å². The van der Waals surface area contributed by atoms with Crippen molar-refractivity contribution < 1.29 is 13.2 Å². The van der Waals surface area contributed by atoms with Crippen molar-refractivity contribution in [1.29, 1.82) is 0 Å². The van der Waals surface area contributed by atoms with Crippen LogP contribution in [0.5, 0.6) is 0 Å². The summed E-state index contributed by atoms with van der Waals surface area (Å²) in [6.07, 6.45) is 1.97. The lowest BCUT2D eigenvalue weighted by Gasteiger charge is -2.49. The van der Waals surface area contributed by atoms with E-state index < -0.39 is 10.0 Å². The molecule has 0 aromatic heterocycles. The molecule has 2 aliphatic rings. The molecule has 1 aromatic rings. The lowest BCUT2D eigenvalue weighted by molar-refractivity contribution is -0.0427. The first-order valence-corrected chi connectivity index (χ1v) is 11.1. The zero-order valence-electron chi connectivity index (χ0n) is 15.9. The van der Waals surface area contributed by atoms with Gasteiger partial charge in [-0.2, -0.15) is 0 Å². The number of ether oxygens (including phenoxy) is 1. The van der Waals surface area contributed by atoms with E-state index >= 15 is 0 Å². The van der Waals surface area contributed by atoms with Gasteiger partial charge in [-0.1, -0.05) is 29.8 Å². The molecule has 7 heteroatoms. The third-order valence-corrected chi connectivity index (χ3v) is 7.00. The van der Waals surface area contributed by atoms with Gasteiger partial charge in [0.2, 0.25) is 10.0 Å². The molecule has 0 saturated carbocycles. The van der Waals surface area contributed by atoms with E-state index in [-0.39, 0.29) is 11.3 Å². The van der Waals surface area contributed by atoms with E-state index in [9.17, 15) is 8.42 Å². The number of piperidine rings is 1. The number of nitrogens with zero attached hydrogens (tertiary/aromatic N) is 2. The van der Waals surface area contributed by atoms with Gasteiger partial charge < -0.3 is 9.64 Å². The highest BCUT2D eigenvalue weighted by molar-refractivity contribution is 7.88. The van der Waals surface area contributed by atoms with Gasteiger partial charge in [-0.25, -0.2) is 13.1 Å². The minimum absolute atomic E-state index is 0.0341. The molecule has 6 nitrogen and oxygen atoms in total. The highest BCUT2D eigenvalue weighted by Crippen LogP contribution is 2.29. The molecule has 1 aromatic carbocycles. The van der Waals surface area contributed by atoms with Crippen LogP contribution >= 0.6 is 0 Å². The normalized spacial score (nSPS) is 22.4. The lowest BCUT2D eigenvalue weighted by atomic mass is 9.85. The third kappa shape index (κ3) is 5.04. The molecule has 0 aliphatic carbocycles. The Morgan fingerprint density at radius 3 is 2.31 bits per heavy atom. The molecule has 1 N–H and O–H groups in total. The van der Waals surface area contributed by atoms with Gasteiger partial charge in [0.05, 0.1) is 19.0 Å². The van der Waals surface area contributed by atoms with Gasteiger partial charge in [-0.15, -0.1) is 0 Å². The molecule has 0 unspecified atom stereocenters. The SMILES string of the molecule is Cc1ccc(CS(=O)(=O)NCC2(N3CCOCC3)CCN(C)CC2)cc1. The van der Waals surface area contributed by atoms with E-state index in [0.717, 1.165) is 63.4 Å². The Morgan fingerprint density at radius 1 is 1.08 bits per heavy atom. The second kappa shape index (κ2) is 8.35. The number of hydrogen-bond acceptors (Lipinski definition) is 5. The number of rotatable bonds is 6. The van der Waals surface area contributed by atoms with Gasteiger partial charge in [-0.3, -0.25) is 4.90 Å². The van der Waals surface area contributed by atoms with E-state index in [1.54, 1.807) is 0 Å². The number of nitrogens with one attached hydrogen (secondary N) is 1. The number of likely N-dealkylation sites (tertiary alicyclic amines) is 1. The first-order valence-electron chi connectivity index (χ1n) is 9.43. The summed E-state index contributed by atoms with van der Waals surface area (Å²) in [4.78, 5) is 4.76. The highest BCUT2D eigenvalue weighted by Gasteiger charge is 2.40. The molecule has 2 saturated heterocycles. The molecule has 0 radical (unpaired) electrons. The summed E-state index contributed by atoms with van der Waals surface area (Å²) in [5.41, 5.74) is 1.86. The molecule has 146 valence electrons. The fourth-order valence-corrected chi connectivity index (χ4v) is 5.10. The van der Waals surface area contributed by atoms with Crippen molar-refractivity contribution in [3.63, 3.8) is 0 Å². The molecular weight excluding hydrogens is 350 g/mol. The Hall–Kier alpha value is -0.990. The molecule has 3 rings (SSSR count). The summed E-state index contributed by atoms with van der Waals surface area (Å²) in [6.45, 7) is 7.69. The topological polar surface area (TPSA) is 61.9 Å². The summed E-state index contributed by atoms with van der Waals surface area (Å²) in [6, 6.07) is 7.69. The maximum atomic E-state index is 12.7. The predicted molar refractivity (Wildman–Crippen MR) is 104 cm³/mol. The van der Waals surface area contributed by atoms with E-state index in [1.807, 2.05) is 31.2 Å². The summed E-state index contributed by atoms with van der Waals surface area (Å²) < 4.78 is 33.7. The number of hydrogen-bond donors (Lipinski definition) is 1. The van der Waals surface area contributed by atoms with E-state index in [1.165, 1.54) is 0 Å². The Balaban J connectivity index is 1.67. The minimum atomic E-state index is -3.36. The first kappa shape index (κ1) is 19.8. The van der Waals surface area contributed by atoms with Crippen LogP contribution in [0.1, 0.15) is 24.0 Å². The number of sulfonamides is 1. The van der Waals surface area contributed by atoms with Gasteiger partial charge in [0.15, 0.2) is 0 Å². The Bertz CT molecular complexity index is 676. The van der Waals surface area contributed by atoms with Crippen LogP contribution < -0.4 is 4.72 Å². The Labute approximate surface area is 157 Å². The maximum Gasteiger partial charge on any atom is 0.215 e. The standard InChI is InChI=1S/C19H31N3O3S/c1-17-3-5-18(6-4-17)15-26(23,24)20-16-19(7-9-21(2)10-8-19)22-11-13-25-14-12-22/h3-6,20H,7-16H2,1-2H3. The third-order valence-electron chi connectivity index (χ3n) is 5.70. The van der Waals surface area contributed by atoms with Crippen LogP contribution in [0.2, 0.25) is 0 Å². The fraction of sp³-hybridized carbons (Fsp3) is 0.684. The maximum absolute atomic E-state index is 12.7. The predicted octanol–water partition coefficient (Wildman–Crippen LogP) is 1.21. The smallest absolute Gasteiger partial charge is 0.215 e. The van der Waals surface area contributed by atoms with E-state index in [4.69, 9.17) is 4.74 Å². The number of morpholine rings is 1. The van der Waals surface area contributed by atoms with Gasteiger partial charge in [0.25, 0.3) is 0 Å². The van der Waals surface area contributed by atoms with Crippen LogP contribution in [0.3, 0.4) is 0 Å². The number of aryl methyl sites for hydroxylation is 1. The van der Waals surface area contributed by atoms with E-state index in [0.29, 0.717) is 6.54 Å². The second-order valence-corrected chi connectivity index (χ2v) is 9.50. The van der Waals surface area contributed by atoms with E-state index in [2.05, 4.69) is 21.6 Å². The zero-order chi connectivity index (χ0) is 18.6. The number of benzene rings is 1. The van der Waals surface area contributed by atoms with Crippen molar-refractivity contribution in [3.8, 4) is 0 Å². The van der Waals surface area contributed by atoms with Crippen LogP contribution in [0.15, 0.2) is 24.3 Å². The quantitative estimate of drug-likeness (QED) is 0.803. The fourth-order valence-electron chi connectivity index (χ4n) is 3.88. The molecule has 26 heavy (non-hydrogen) atoms. The van der Waals surface area contributed by atoms with Gasteiger partial charge in [-0.05, 0) is 45.5 Å². The summed E-state index contributed by atoms with van der Waals surface area (Å²) in [5, 5.41) is 0. The largest absolute Gasteiger partial charge is 0.379 e.